The lowest BCUT2D eigenvalue weighted by Crippen LogP contribution is -2.33. The molecule has 2 amide bonds. The van der Waals surface area contributed by atoms with Gasteiger partial charge in [-0.3, -0.25) is 10.00 Å². The van der Waals surface area contributed by atoms with Crippen LogP contribution in [-0.4, -0.2) is 32.6 Å². The van der Waals surface area contributed by atoms with Crippen molar-refractivity contribution in [2.24, 2.45) is 5.92 Å². The predicted molar refractivity (Wildman–Crippen MR) is 82.5 cm³/mol. The third-order valence-electron chi connectivity index (χ3n) is 2.95. The lowest BCUT2D eigenvalue weighted by molar-refractivity contribution is 0.249. The highest BCUT2D eigenvalue weighted by molar-refractivity contribution is 7.15. The average Bonchev–Trinajstić information content (AvgIpc) is 2.93. The summed E-state index contributed by atoms with van der Waals surface area (Å²) in [7, 11) is 0. The Bertz CT molecular complexity index is 620. The molecule has 0 fully saturated rings. The third kappa shape index (κ3) is 4.52. The Labute approximate surface area is 127 Å². The number of carbonyl (C=O) groups excluding carboxylic acids is 1. The lowest BCUT2D eigenvalue weighted by Gasteiger charge is -2.13. The van der Waals surface area contributed by atoms with Crippen molar-refractivity contribution in [3.05, 3.63) is 22.5 Å². The van der Waals surface area contributed by atoms with Crippen molar-refractivity contribution in [3.8, 4) is 0 Å². The molecule has 0 saturated carbocycles. The second-order valence-corrected chi connectivity index (χ2v) is 6.36. The van der Waals surface area contributed by atoms with Crippen molar-refractivity contribution in [2.45, 2.75) is 34.2 Å². The van der Waals surface area contributed by atoms with Crippen LogP contribution in [0.25, 0.3) is 0 Å². The minimum atomic E-state index is -0.258. The molecule has 0 unspecified atom stereocenters. The zero-order valence-electron chi connectivity index (χ0n) is 12.7. The minimum Gasteiger partial charge on any atom is -0.337 e. The molecule has 0 aliphatic rings. The number of rotatable bonds is 5. The van der Waals surface area contributed by atoms with E-state index in [1.807, 2.05) is 31.5 Å². The topological polar surface area (TPSA) is 84.7 Å². The predicted octanol–water partition coefficient (Wildman–Crippen LogP) is 2.12. The van der Waals surface area contributed by atoms with Crippen LogP contribution in [-0.2, 0) is 6.54 Å². The summed E-state index contributed by atoms with van der Waals surface area (Å²) in [6, 6.07) is 1.79. The van der Waals surface area contributed by atoms with Crippen LogP contribution in [0.5, 0.6) is 0 Å². The van der Waals surface area contributed by atoms with Gasteiger partial charge in [0.15, 0.2) is 0 Å². The molecule has 21 heavy (non-hydrogen) atoms. The normalized spacial score (nSPS) is 12.2. The minimum absolute atomic E-state index is 0.258. The highest BCUT2D eigenvalue weighted by atomic mass is 32.1. The first kappa shape index (κ1) is 15.4. The maximum Gasteiger partial charge on any atom is 0.321 e. The summed E-state index contributed by atoms with van der Waals surface area (Å²) in [6.07, 6.45) is 0. The molecule has 2 N–H and O–H groups in total. The molecule has 7 nitrogen and oxygen atoms in total. The summed E-state index contributed by atoms with van der Waals surface area (Å²) in [5, 5.41) is 19.0. The summed E-state index contributed by atoms with van der Waals surface area (Å²) < 4.78 is 1.97. The van der Waals surface area contributed by atoms with Gasteiger partial charge in [0.2, 0.25) is 5.13 Å². The van der Waals surface area contributed by atoms with E-state index in [1.165, 1.54) is 11.3 Å². The summed E-state index contributed by atoms with van der Waals surface area (Å²) in [5.74, 6) is 0.282. The molecule has 0 spiro atoms. The average molecular weight is 308 g/mol. The van der Waals surface area contributed by atoms with Crippen molar-refractivity contribution >= 4 is 22.5 Å². The standard InChI is InChI=1S/C13H20N6OS/c1-8(7-19-10(3)5-9(2)18-19)6-14-12(20)15-13-17-16-11(4)21-13/h5,8H,6-7H2,1-4H3,(H2,14,15,17,20)/t8-/m1/s1. The Kier molecular flexibility index (Phi) is 4.89. The van der Waals surface area contributed by atoms with Crippen LogP contribution in [0.2, 0.25) is 0 Å². The number of amides is 2. The zero-order valence-corrected chi connectivity index (χ0v) is 13.5. The maximum absolute atomic E-state index is 11.7. The van der Waals surface area contributed by atoms with E-state index in [0.29, 0.717) is 11.7 Å². The Balaban J connectivity index is 1.77. The van der Waals surface area contributed by atoms with E-state index in [-0.39, 0.29) is 11.9 Å². The van der Waals surface area contributed by atoms with Gasteiger partial charge in [-0.25, -0.2) is 4.79 Å². The molecule has 0 aliphatic heterocycles. The summed E-state index contributed by atoms with van der Waals surface area (Å²) in [6.45, 7) is 9.28. The van der Waals surface area contributed by atoms with Gasteiger partial charge < -0.3 is 5.32 Å². The first-order valence-corrected chi connectivity index (χ1v) is 7.61. The van der Waals surface area contributed by atoms with Crippen LogP contribution >= 0.6 is 11.3 Å². The number of nitrogens with zero attached hydrogens (tertiary/aromatic N) is 4. The van der Waals surface area contributed by atoms with E-state index in [1.54, 1.807) is 0 Å². The van der Waals surface area contributed by atoms with Crippen LogP contribution in [0.3, 0.4) is 0 Å². The largest absolute Gasteiger partial charge is 0.337 e. The fraction of sp³-hybridized carbons (Fsp3) is 0.538. The molecular formula is C13H20N6OS. The Morgan fingerprint density at radius 3 is 2.71 bits per heavy atom. The van der Waals surface area contributed by atoms with Crippen LogP contribution in [0.1, 0.15) is 23.3 Å². The molecule has 0 radical (unpaired) electrons. The van der Waals surface area contributed by atoms with Gasteiger partial charge in [-0.05, 0) is 32.8 Å². The lowest BCUT2D eigenvalue weighted by atomic mass is 10.2. The smallest absolute Gasteiger partial charge is 0.321 e. The van der Waals surface area contributed by atoms with Gasteiger partial charge in [0.05, 0.1) is 5.69 Å². The van der Waals surface area contributed by atoms with Gasteiger partial charge in [0, 0.05) is 18.8 Å². The Morgan fingerprint density at radius 2 is 2.14 bits per heavy atom. The molecule has 0 aromatic carbocycles. The van der Waals surface area contributed by atoms with E-state index in [4.69, 9.17) is 0 Å². The number of hydrogen-bond donors (Lipinski definition) is 2. The number of urea groups is 1. The van der Waals surface area contributed by atoms with Crippen LogP contribution in [0, 0.1) is 26.7 Å². The van der Waals surface area contributed by atoms with Gasteiger partial charge in [0.1, 0.15) is 5.01 Å². The molecule has 2 rings (SSSR count). The van der Waals surface area contributed by atoms with E-state index < -0.39 is 0 Å². The molecule has 2 aromatic heterocycles. The SMILES string of the molecule is Cc1cc(C)n(C[C@H](C)CNC(=O)Nc2nnc(C)s2)n1. The quantitative estimate of drug-likeness (QED) is 0.886. The van der Waals surface area contributed by atoms with Crippen molar-refractivity contribution in [1.82, 2.24) is 25.3 Å². The molecule has 8 heteroatoms. The summed E-state index contributed by atoms with van der Waals surface area (Å²) >= 11 is 1.35. The number of anilines is 1. The number of hydrogen-bond acceptors (Lipinski definition) is 5. The van der Waals surface area contributed by atoms with Crippen molar-refractivity contribution in [1.29, 1.82) is 0 Å². The van der Waals surface area contributed by atoms with E-state index in [0.717, 1.165) is 22.9 Å². The molecule has 2 heterocycles. The van der Waals surface area contributed by atoms with Crippen molar-refractivity contribution < 1.29 is 4.79 Å². The van der Waals surface area contributed by atoms with Crippen molar-refractivity contribution in [2.75, 3.05) is 11.9 Å². The van der Waals surface area contributed by atoms with Crippen LogP contribution in [0.4, 0.5) is 9.93 Å². The zero-order chi connectivity index (χ0) is 15.4. The molecule has 114 valence electrons. The first-order chi connectivity index (χ1) is 9.94. The number of aromatic nitrogens is 4. The molecule has 1 atom stereocenters. The number of nitrogens with one attached hydrogen (secondary N) is 2. The fourth-order valence-electron chi connectivity index (χ4n) is 1.97. The molecule has 0 bridgehead atoms. The second kappa shape index (κ2) is 6.66. The molecular weight excluding hydrogens is 288 g/mol. The monoisotopic (exact) mass is 308 g/mol. The van der Waals surface area contributed by atoms with Crippen molar-refractivity contribution in [3.63, 3.8) is 0 Å². The third-order valence-corrected chi connectivity index (χ3v) is 3.70. The maximum atomic E-state index is 11.7. The molecule has 0 aliphatic carbocycles. The summed E-state index contributed by atoms with van der Waals surface area (Å²) in [5.41, 5.74) is 2.14. The number of aryl methyl sites for hydroxylation is 3. The van der Waals surface area contributed by atoms with Gasteiger partial charge in [-0.15, -0.1) is 10.2 Å². The highest BCUT2D eigenvalue weighted by Gasteiger charge is 2.10. The Hall–Kier alpha value is -1.96. The fourth-order valence-corrected chi connectivity index (χ4v) is 2.56. The Morgan fingerprint density at radius 1 is 1.38 bits per heavy atom. The van der Waals surface area contributed by atoms with E-state index in [9.17, 15) is 4.79 Å². The van der Waals surface area contributed by atoms with Crippen LogP contribution in [0.15, 0.2) is 6.07 Å². The van der Waals surface area contributed by atoms with Gasteiger partial charge in [-0.2, -0.15) is 5.10 Å². The van der Waals surface area contributed by atoms with E-state index >= 15 is 0 Å². The number of carbonyl (C=O) groups is 1. The first-order valence-electron chi connectivity index (χ1n) is 6.80. The highest BCUT2D eigenvalue weighted by Crippen LogP contribution is 2.13. The van der Waals surface area contributed by atoms with Gasteiger partial charge in [0.25, 0.3) is 0 Å². The second-order valence-electron chi connectivity index (χ2n) is 5.18. The molecule has 2 aromatic rings. The molecule has 0 saturated heterocycles. The van der Waals surface area contributed by atoms with Crippen LogP contribution < -0.4 is 10.6 Å². The van der Waals surface area contributed by atoms with Gasteiger partial charge >= 0.3 is 6.03 Å². The van der Waals surface area contributed by atoms with E-state index in [2.05, 4.69) is 32.9 Å². The summed E-state index contributed by atoms with van der Waals surface area (Å²) in [4.78, 5) is 11.7. The van der Waals surface area contributed by atoms with Gasteiger partial charge in [-0.1, -0.05) is 18.3 Å².